The smallest absolute Gasteiger partial charge is 0.320 e. The van der Waals surface area contributed by atoms with Crippen LogP contribution in [0.4, 0.5) is 10.6 Å². The van der Waals surface area contributed by atoms with E-state index in [1.807, 2.05) is 6.07 Å². The van der Waals surface area contributed by atoms with Crippen molar-refractivity contribution in [2.24, 2.45) is 0 Å². The number of carbonyl (C=O) groups is 1. The number of carbonyl (C=O) groups excluding carboxylic acids is 1. The van der Waals surface area contributed by atoms with Gasteiger partial charge in [-0.2, -0.15) is 0 Å². The second-order valence-electron chi connectivity index (χ2n) is 4.32. The van der Waals surface area contributed by atoms with Crippen LogP contribution in [0.3, 0.4) is 0 Å². The molecule has 0 saturated heterocycles. The molecule has 1 heterocycles. The van der Waals surface area contributed by atoms with Gasteiger partial charge < -0.3 is 10.4 Å². The van der Waals surface area contributed by atoms with E-state index in [0.29, 0.717) is 5.82 Å². The number of rotatable bonds is 2. The van der Waals surface area contributed by atoms with Crippen LogP contribution < -0.4 is 10.6 Å². The zero-order chi connectivity index (χ0) is 12.1. The van der Waals surface area contributed by atoms with Gasteiger partial charge in [-0.3, -0.25) is 5.32 Å². The molecule has 1 fully saturated rings. The number of aliphatic hydroxyl groups is 1. The maximum atomic E-state index is 11.6. The lowest BCUT2D eigenvalue weighted by Crippen LogP contribution is -2.41. The Morgan fingerprint density at radius 2 is 2.06 bits per heavy atom. The summed E-state index contributed by atoms with van der Waals surface area (Å²) in [5, 5.41) is 14.9. The minimum absolute atomic E-state index is 0.155. The van der Waals surface area contributed by atoms with E-state index in [-0.39, 0.29) is 18.2 Å². The second-order valence-corrected chi connectivity index (χ2v) is 4.32. The van der Waals surface area contributed by atoms with Gasteiger partial charge in [0.1, 0.15) is 5.82 Å². The summed E-state index contributed by atoms with van der Waals surface area (Å²) in [6.45, 7) is 0. The van der Waals surface area contributed by atoms with Crippen molar-refractivity contribution >= 4 is 11.8 Å². The van der Waals surface area contributed by atoms with Crippen molar-refractivity contribution in [3.8, 4) is 0 Å². The van der Waals surface area contributed by atoms with Crippen LogP contribution in [0.25, 0.3) is 0 Å². The molecule has 3 N–H and O–H groups in total. The van der Waals surface area contributed by atoms with Crippen molar-refractivity contribution in [1.82, 2.24) is 10.3 Å². The highest BCUT2D eigenvalue weighted by molar-refractivity contribution is 5.88. The van der Waals surface area contributed by atoms with Crippen LogP contribution in [-0.4, -0.2) is 28.3 Å². The minimum Gasteiger partial charge on any atom is -0.393 e. The van der Waals surface area contributed by atoms with E-state index in [9.17, 15) is 9.90 Å². The van der Waals surface area contributed by atoms with E-state index < -0.39 is 0 Å². The maximum absolute atomic E-state index is 11.6. The van der Waals surface area contributed by atoms with Gasteiger partial charge in [0.05, 0.1) is 6.10 Å². The number of aliphatic hydroxyl groups excluding tert-OH is 1. The van der Waals surface area contributed by atoms with Crippen LogP contribution in [0, 0.1) is 0 Å². The highest BCUT2D eigenvalue weighted by atomic mass is 16.3. The Morgan fingerprint density at radius 3 is 2.71 bits per heavy atom. The molecular weight excluding hydrogens is 218 g/mol. The summed E-state index contributed by atoms with van der Waals surface area (Å²) in [7, 11) is 0. The van der Waals surface area contributed by atoms with E-state index in [1.54, 1.807) is 18.3 Å². The van der Waals surface area contributed by atoms with Crippen LogP contribution in [0.5, 0.6) is 0 Å². The maximum Gasteiger partial charge on any atom is 0.320 e. The molecule has 0 aliphatic heterocycles. The van der Waals surface area contributed by atoms with E-state index in [1.165, 1.54) is 0 Å². The quantitative estimate of drug-likeness (QED) is 0.727. The third-order valence-electron chi connectivity index (χ3n) is 2.94. The average molecular weight is 235 g/mol. The van der Waals surface area contributed by atoms with E-state index in [2.05, 4.69) is 15.6 Å². The predicted molar refractivity (Wildman–Crippen MR) is 64.7 cm³/mol. The van der Waals surface area contributed by atoms with Crippen LogP contribution in [0.15, 0.2) is 24.4 Å². The molecule has 0 unspecified atom stereocenters. The number of aromatic nitrogens is 1. The Kier molecular flexibility index (Phi) is 3.93. The van der Waals surface area contributed by atoms with Crippen molar-refractivity contribution in [3.05, 3.63) is 24.4 Å². The Morgan fingerprint density at radius 1 is 1.29 bits per heavy atom. The second kappa shape index (κ2) is 5.63. The third kappa shape index (κ3) is 3.71. The van der Waals surface area contributed by atoms with Crippen molar-refractivity contribution in [1.29, 1.82) is 0 Å². The van der Waals surface area contributed by atoms with Crippen molar-refractivity contribution in [3.63, 3.8) is 0 Å². The molecule has 5 heteroatoms. The Bertz CT molecular complexity index is 361. The van der Waals surface area contributed by atoms with Crippen LogP contribution in [0.1, 0.15) is 25.7 Å². The highest BCUT2D eigenvalue weighted by Crippen LogP contribution is 2.18. The third-order valence-corrected chi connectivity index (χ3v) is 2.94. The molecule has 92 valence electrons. The molecule has 1 aliphatic carbocycles. The summed E-state index contributed by atoms with van der Waals surface area (Å²) in [6.07, 6.45) is 4.61. The molecule has 2 rings (SSSR count). The largest absolute Gasteiger partial charge is 0.393 e. The van der Waals surface area contributed by atoms with Crippen molar-refractivity contribution in [2.45, 2.75) is 37.8 Å². The van der Waals surface area contributed by atoms with Gasteiger partial charge in [0, 0.05) is 12.2 Å². The first kappa shape index (κ1) is 11.9. The molecule has 5 nitrogen and oxygen atoms in total. The number of nitrogens with one attached hydrogen (secondary N) is 2. The summed E-state index contributed by atoms with van der Waals surface area (Å²) in [5.74, 6) is 0.542. The van der Waals surface area contributed by atoms with Gasteiger partial charge in [0.2, 0.25) is 0 Å². The fourth-order valence-electron chi connectivity index (χ4n) is 1.99. The number of pyridine rings is 1. The average Bonchev–Trinajstić information content (AvgIpc) is 2.33. The van der Waals surface area contributed by atoms with Crippen LogP contribution in [-0.2, 0) is 0 Å². The van der Waals surface area contributed by atoms with E-state index in [0.717, 1.165) is 25.7 Å². The zero-order valence-corrected chi connectivity index (χ0v) is 9.60. The van der Waals surface area contributed by atoms with E-state index >= 15 is 0 Å². The molecule has 0 aromatic carbocycles. The Hall–Kier alpha value is -1.62. The molecule has 0 spiro atoms. The van der Waals surface area contributed by atoms with Gasteiger partial charge in [-0.05, 0) is 37.8 Å². The van der Waals surface area contributed by atoms with Crippen molar-refractivity contribution < 1.29 is 9.90 Å². The normalized spacial score (nSPS) is 24.1. The number of nitrogens with zero attached hydrogens (tertiary/aromatic N) is 1. The number of urea groups is 1. The van der Waals surface area contributed by atoms with Crippen molar-refractivity contribution in [2.75, 3.05) is 5.32 Å². The van der Waals surface area contributed by atoms with Gasteiger partial charge in [-0.15, -0.1) is 0 Å². The fourth-order valence-corrected chi connectivity index (χ4v) is 1.99. The number of hydrogen-bond donors (Lipinski definition) is 3. The summed E-state index contributed by atoms with van der Waals surface area (Å²) < 4.78 is 0. The summed E-state index contributed by atoms with van der Waals surface area (Å²) >= 11 is 0. The van der Waals surface area contributed by atoms with Gasteiger partial charge in [0.25, 0.3) is 0 Å². The standard InChI is InChI=1S/C12H17N3O2/c16-10-6-4-9(5-7-10)14-12(17)15-11-3-1-2-8-13-11/h1-3,8-10,16H,4-7H2,(H2,13,14,15,17). The first-order chi connectivity index (χ1) is 8.24. The molecule has 1 aliphatic rings. The summed E-state index contributed by atoms with van der Waals surface area (Å²) in [6, 6.07) is 5.28. The lowest BCUT2D eigenvalue weighted by molar-refractivity contribution is 0.118. The SMILES string of the molecule is O=C(Nc1ccccn1)NC1CCC(O)CC1. The summed E-state index contributed by atoms with van der Waals surface area (Å²) in [4.78, 5) is 15.6. The highest BCUT2D eigenvalue weighted by Gasteiger charge is 2.20. The Balaban J connectivity index is 1.78. The molecule has 0 atom stereocenters. The van der Waals surface area contributed by atoms with E-state index in [4.69, 9.17) is 0 Å². The van der Waals surface area contributed by atoms with Gasteiger partial charge in [-0.1, -0.05) is 6.07 Å². The lowest BCUT2D eigenvalue weighted by atomic mass is 9.93. The van der Waals surface area contributed by atoms with Gasteiger partial charge in [-0.25, -0.2) is 9.78 Å². The first-order valence-electron chi connectivity index (χ1n) is 5.90. The molecule has 1 aromatic rings. The molecular formula is C12H17N3O2. The predicted octanol–water partition coefficient (Wildman–Crippen LogP) is 1.51. The molecule has 2 amide bonds. The molecule has 1 saturated carbocycles. The minimum atomic E-state index is -0.231. The molecule has 1 aromatic heterocycles. The topological polar surface area (TPSA) is 74.2 Å². The number of anilines is 1. The summed E-state index contributed by atoms with van der Waals surface area (Å²) in [5.41, 5.74) is 0. The zero-order valence-electron chi connectivity index (χ0n) is 9.60. The monoisotopic (exact) mass is 235 g/mol. The molecule has 17 heavy (non-hydrogen) atoms. The van der Waals surface area contributed by atoms with Crippen LogP contribution >= 0.6 is 0 Å². The van der Waals surface area contributed by atoms with Crippen LogP contribution in [0.2, 0.25) is 0 Å². The first-order valence-corrected chi connectivity index (χ1v) is 5.90. The van der Waals surface area contributed by atoms with Gasteiger partial charge in [0.15, 0.2) is 0 Å². The number of amides is 2. The Labute approximate surface area is 100 Å². The lowest BCUT2D eigenvalue weighted by Gasteiger charge is -2.26. The molecule has 0 radical (unpaired) electrons. The molecule has 0 bridgehead atoms. The fraction of sp³-hybridized carbons (Fsp3) is 0.500. The number of hydrogen-bond acceptors (Lipinski definition) is 3. The van der Waals surface area contributed by atoms with Gasteiger partial charge >= 0.3 is 6.03 Å².